The molecule has 3 nitrogen and oxygen atoms in total. The highest BCUT2D eigenvalue weighted by Crippen LogP contribution is 2.21. The van der Waals surface area contributed by atoms with Crippen molar-refractivity contribution in [3.8, 4) is 0 Å². The lowest BCUT2D eigenvalue weighted by atomic mass is 10.1. The number of halogens is 2. The van der Waals surface area contributed by atoms with E-state index in [1.165, 1.54) is 61.3 Å². The van der Waals surface area contributed by atoms with Crippen LogP contribution in [-0.2, 0) is 6.54 Å². The standard InChI is InChI=1S/C16H24BrN3.ClH/c1-13-2-3-14(16(17)10-13)12-19-6-8-20(9-7-19)15-4-5-18-11-15;/h2-3,10,15,18H,4-9,11-12H2,1H3;1H. The van der Waals surface area contributed by atoms with E-state index in [9.17, 15) is 0 Å². The molecular formula is C16H25BrClN3. The first-order valence-corrected chi connectivity index (χ1v) is 8.44. The highest BCUT2D eigenvalue weighted by molar-refractivity contribution is 9.10. The van der Waals surface area contributed by atoms with E-state index in [1.54, 1.807) is 0 Å². The average molecular weight is 375 g/mol. The molecule has 1 aromatic rings. The molecule has 5 heteroatoms. The second-order valence-electron chi connectivity index (χ2n) is 6.05. The molecule has 2 heterocycles. The predicted octanol–water partition coefficient (Wildman–Crippen LogP) is 2.66. The summed E-state index contributed by atoms with van der Waals surface area (Å²) in [5.41, 5.74) is 2.73. The number of nitrogens with one attached hydrogen (secondary N) is 1. The molecule has 1 atom stereocenters. The van der Waals surface area contributed by atoms with Crippen molar-refractivity contribution in [3.63, 3.8) is 0 Å². The van der Waals surface area contributed by atoms with Crippen molar-refractivity contribution in [1.82, 2.24) is 15.1 Å². The van der Waals surface area contributed by atoms with Crippen LogP contribution in [0, 0.1) is 6.92 Å². The molecule has 0 aromatic heterocycles. The number of nitrogens with zero attached hydrogens (tertiary/aromatic N) is 2. The van der Waals surface area contributed by atoms with Gasteiger partial charge in [-0.05, 0) is 37.1 Å². The normalized spacial score (nSPS) is 24.0. The van der Waals surface area contributed by atoms with Crippen LogP contribution in [0.4, 0.5) is 0 Å². The zero-order chi connectivity index (χ0) is 13.9. The monoisotopic (exact) mass is 373 g/mol. The molecule has 0 spiro atoms. The van der Waals surface area contributed by atoms with E-state index in [0.717, 1.165) is 12.6 Å². The minimum absolute atomic E-state index is 0. The molecule has 0 radical (unpaired) electrons. The SMILES string of the molecule is Cc1ccc(CN2CCN(C3CCNC3)CC2)c(Br)c1.Cl. The smallest absolute Gasteiger partial charge is 0.0246 e. The van der Waals surface area contributed by atoms with Crippen LogP contribution in [-0.4, -0.2) is 55.1 Å². The summed E-state index contributed by atoms with van der Waals surface area (Å²) in [6.07, 6.45) is 1.32. The summed E-state index contributed by atoms with van der Waals surface area (Å²) in [6.45, 7) is 10.4. The summed E-state index contributed by atoms with van der Waals surface area (Å²) in [4.78, 5) is 5.25. The number of hydrogen-bond donors (Lipinski definition) is 1. The summed E-state index contributed by atoms with van der Waals surface area (Å²) in [5.74, 6) is 0. The average Bonchev–Trinajstić information content (AvgIpc) is 2.97. The van der Waals surface area contributed by atoms with Crippen LogP contribution in [0.15, 0.2) is 22.7 Å². The number of rotatable bonds is 3. The molecule has 0 bridgehead atoms. The first-order valence-electron chi connectivity index (χ1n) is 7.64. The van der Waals surface area contributed by atoms with Crippen LogP contribution in [0.25, 0.3) is 0 Å². The van der Waals surface area contributed by atoms with Gasteiger partial charge in [0.25, 0.3) is 0 Å². The van der Waals surface area contributed by atoms with Crippen molar-refractivity contribution >= 4 is 28.3 Å². The fourth-order valence-corrected chi connectivity index (χ4v) is 3.88. The molecule has 1 N–H and O–H groups in total. The second kappa shape index (κ2) is 7.93. The Balaban J connectivity index is 0.00000161. The quantitative estimate of drug-likeness (QED) is 0.877. The zero-order valence-electron chi connectivity index (χ0n) is 12.6. The number of piperazine rings is 1. The third-order valence-corrected chi connectivity index (χ3v) is 5.30. The van der Waals surface area contributed by atoms with Gasteiger partial charge in [-0.1, -0.05) is 28.1 Å². The lowest BCUT2D eigenvalue weighted by Gasteiger charge is -2.38. The van der Waals surface area contributed by atoms with Crippen LogP contribution < -0.4 is 5.32 Å². The zero-order valence-corrected chi connectivity index (χ0v) is 15.0. The summed E-state index contributed by atoms with van der Waals surface area (Å²) in [6, 6.07) is 7.46. The van der Waals surface area contributed by atoms with Crippen LogP contribution in [0.3, 0.4) is 0 Å². The van der Waals surface area contributed by atoms with Crippen molar-refractivity contribution < 1.29 is 0 Å². The Morgan fingerprint density at radius 3 is 2.62 bits per heavy atom. The van der Waals surface area contributed by atoms with Crippen molar-refractivity contribution in [1.29, 1.82) is 0 Å². The predicted molar refractivity (Wildman–Crippen MR) is 94.3 cm³/mol. The van der Waals surface area contributed by atoms with E-state index in [2.05, 4.69) is 56.2 Å². The van der Waals surface area contributed by atoms with Gasteiger partial charge in [0.15, 0.2) is 0 Å². The van der Waals surface area contributed by atoms with Gasteiger partial charge in [-0.15, -0.1) is 12.4 Å². The van der Waals surface area contributed by atoms with E-state index >= 15 is 0 Å². The Labute approximate surface area is 142 Å². The summed E-state index contributed by atoms with van der Waals surface area (Å²) >= 11 is 3.69. The Bertz CT molecular complexity index is 455. The lowest BCUT2D eigenvalue weighted by Crippen LogP contribution is -2.50. The maximum Gasteiger partial charge on any atom is 0.0246 e. The number of hydrogen-bond acceptors (Lipinski definition) is 3. The maximum atomic E-state index is 3.69. The maximum absolute atomic E-state index is 3.69. The summed E-state index contributed by atoms with van der Waals surface area (Å²) in [7, 11) is 0. The molecule has 0 aliphatic carbocycles. The Kier molecular flexibility index (Phi) is 6.51. The molecule has 118 valence electrons. The molecule has 2 saturated heterocycles. The molecule has 1 unspecified atom stereocenters. The number of benzene rings is 1. The van der Waals surface area contributed by atoms with Crippen LogP contribution >= 0.6 is 28.3 Å². The summed E-state index contributed by atoms with van der Waals surface area (Å²) in [5, 5.41) is 3.47. The fraction of sp³-hybridized carbons (Fsp3) is 0.625. The molecule has 0 saturated carbocycles. The van der Waals surface area contributed by atoms with Gasteiger partial charge in [0, 0.05) is 49.8 Å². The largest absolute Gasteiger partial charge is 0.315 e. The third kappa shape index (κ3) is 4.42. The fourth-order valence-electron chi connectivity index (χ4n) is 3.26. The third-order valence-electron chi connectivity index (χ3n) is 4.56. The molecule has 2 aliphatic rings. The Morgan fingerprint density at radius 2 is 2.00 bits per heavy atom. The van der Waals surface area contributed by atoms with Crippen molar-refractivity contribution in [2.75, 3.05) is 39.3 Å². The molecule has 3 rings (SSSR count). The second-order valence-corrected chi connectivity index (χ2v) is 6.91. The molecule has 0 amide bonds. The van der Waals surface area contributed by atoms with Crippen LogP contribution in [0.2, 0.25) is 0 Å². The molecule has 21 heavy (non-hydrogen) atoms. The minimum Gasteiger partial charge on any atom is -0.315 e. The van der Waals surface area contributed by atoms with Gasteiger partial charge >= 0.3 is 0 Å². The summed E-state index contributed by atoms with van der Waals surface area (Å²) < 4.78 is 1.25. The Morgan fingerprint density at radius 1 is 1.24 bits per heavy atom. The van der Waals surface area contributed by atoms with Gasteiger partial charge in [-0.25, -0.2) is 0 Å². The number of aryl methyl sites for hydroxylation is 1. The molecular weight excluding hydrogens is 350 g/mol. The van der Waals surface area contributed by atoms with Crippen LogP contribution in [0.1, 0.15) is 17.5 Å². The van der Waals surface area contributed by atoms with Gasteiger partial charge in [0.05, 0.1) is 0 Å². The van der Waals surface area contributed by atoms with E-state index in [1.807, 2.05) is 0 Å². The molecule has 2 fully saturated rings. The van der Waals surface area contributed by atoms with E-state index in [0.29, 0.717) is 0 Å². The van der Waals surface area contributed by atoms with Crippen LogP contribution in [0.5, 0.6) is 0 Å². The first kappa shape index (κ1) is 17.2. The minimum atomic E-state index is 0. The Hall–Kier alpha value is -0.130. The molecule has 1 aromatic carbocycles. The highest BCUT2D eigenvalue weighted by atomic mass is 79.9. The highest BCUT2D eigenvalue weighted by Gasteiger charge is 2.25. The van der Waals surface area contributed by atoms with E-state index < -0.39 is 0 Å². The van der Waals surface area contributed by atoms with Gasteiger partial charge in [-0.3, -0.25) is 9.80 Å². The van der Waals surface area contributed by atoms with E-state index in [4.69, 9.17) is 0 Å². The first-order chi connectivity index (χ1) is 9.72. The van der Waals surface area contributed by atoms with Gasteiger partial charge in [0.2, 0.25) is 0 Å². The van der Waals surface area contributed by atoms with Crippen molar-refractivity contribution in [2.45, 2.75) is 25.9 Å². The van der Waals surface area contributed by atoms with Gasteiger partial charge < -0.3 is 5.32 Å². The topological polar surface area (TPSA) is 18.5 Å². The van der Waals surface area contributed by atoms with Crippen molar-refractivity contribution in [3.05, 3.63) is 33.8 Å². The van der Waals surface area contributed by atoms with E-state index in [-0.39, 0.29) is 12.4 Å². The lowest BCUT2D eigenvalue weighted by molar-refractivity contribution is 0.0980. The molecule has 2 aliphatic heterocycles. The van der Waals surface area contributed by atoms with Gasteiger partial charge in [0.1, 0.15) is 0 Å². The van der Waals surface area contributed by atoms with Crippen molar-refractivity contribution in [2.24, 2.45) is 0 Å². The van der Waals surface area contributed by atoms with Gasteiger partial charge in [-0.2, -0.15) is 0 Å².